The third-order valence-electron chi connectivity index (χ3n) is 5.05. The first kappa shape index (κ1) is 17.2. The van der Waals surface area contributed by atoms with E-state index in [4.69, 9.17) is 0 Å². The molecule has 0 spiro atoms. The molecule has 1 atom stereocenters. The number of hydrogen-bond donors (Lipinski definition) is 1. The van der Waals surface area contributed by atoms with Crippen LogP contribution in [0.25, 0.3) is 5.65 Å². The predicted molar refractivity (Wildman–Crippen MR) is 100 cm³/mol. The van der Waals surface area contributed by atoms with Crippen molar-refractivity contribution >= 4 is 17.5 Å². The number of rotatable bonds is 2. The Morgan fingerprint density at radius 2 is 1.93 bits per heavy atom. The second-order valence-corrected chi connectivity index (χ2v) is 6.80. The number of nitrogens with one attached hydrogen (secondary N) is 1. The minimum absolute atomic E-state index is 0.202. The number of fused-ring (bicyclic) bond motifs is 1. The predicted octanol–water partition coefficient (Wildman–Crippen LogP) is 1.97. The molecule has 27 heavy (non-hydrogen) atoms. The average Bonchev–Trinajstić information content (AvgIpc) is 2.99. The van der Waals surface area contributed by atoms with Crippen LogP contribution in [0.3, 0.4) is 0 Å². The fraction of sp³-hybridized carbons (Fsp3) is 0.300. The lowest BCUT2D eigenvalue weighted by atomic mass is 10.1. The van der Waals surface area contributed by atoms with E-state index in [1.165, 1.54) is 0 Å². The Kier molecular flexibility index (Phi) is 4.14. The second kappa shape index (κ2) is 6.50. The molecule has 138 valence electrons. The molecule has 1 unspecified atom stereocenters. The number of carbonyl (C=O) groups is 2. The molecule has 1 saturated heterocycles. The summed E-state index contributed by atoms with van der Waals surface area (Å²) in [5.41, 5.74) is 4.38. The maximum Gasteiger partial charge on any atom is 0.273 e. The lowest BCUT2D eigenvalue weighted by Crippen LogP contribution is -2.52. The Morgan fingerprint density at radius 1 is 1.11 bits per heavy atom. The summed E-state index contributed by atoms with van der Waals surface area (Å²) in [6, 6.07) is 8.52. The number of pyridine rings is 2. The smallest absolute Gasteiger partial charge is 0.273 e. The minimum Gasteiger partial charge on any atom is -0.352 e. The molecule has 0 radical (unpaired) electrons. The monoisotopic (exact) mass is 363 g/mol. The molecular weight excluding hydrogens is 342 g/mol. The zero-order chi connectivity index (χ0) is 19.1. The first-order valence-corrected chi connectivity index (χ1v) is 8.94. The second-order valence-electron chi connectivity index (χ2n) is 6.80. The van der Waals surface area contributed by atoms with Crippen LogP contribution < -0.4 is 5.32 Å². The van der Waals surface area contributed by atoms with Gasteiger partial charge in [-0.2, -0.15) is 0 Å². The van der Waals surface area contributed by atoms with Gasteiger partial charge in [-0.25, -0.2) is 9.97 Å². The highest BCUT2D eigenvalue weighted by Crippen LogP contribution is 2.28. The first-order valence-electron chi connectivity index (χ1n) is 8.94. The van der Waals surface area contributed by atoms with E-state index in [2.05, 4.69) is 15.3 Å². The van der Waals surface area contributed by atoms with E-state index in [0.29, 0.717) is 24.5 Å². The molecule has 4 rings (SSSR count). The Hall–Kier alpha value is -3.22. The van der Waals surface area contributed by atoms with Gasteiger partial charge in [-0.3, -0.25) is 9.59 Å². The van der Waals surface area contributed by atoms with Gasteiger partial charge in [0.2, 0.25) is 5.91 Å². The van der Waals surface area contributed by atoms with Crippen LogP contribution >= 0.6 is 0 Å². The summed E-state index contributed by atoms with van der Waals surface area (Å²) in [7, 11) is 0. The number of amides is 2. The number of hydrogen-bond acceptors (Lipinski definition) is 4. The molecule has 0 bridgehead atoms. The molecule has 3 aromatic heterocycles. The van der Waals surface area contributed by atoms with Crippen LogP contribution in [0.15, 0.2) is 36.5 Å². The zero-order valence-corrected chi connectivity index (χ0v) is 15.6. The Morgan fingerprint density at radius 3 is 2.70 bits per heavy atom. The SMILES string of the molecule is Cc1ccc(C(=O)N2CCNC(=O)C2c2c(C)nc3ccccn23)nc1C. The summed E-state index contributed by atoms with van der Waals surface area (Å²) in [6.07, 6.45) is 1.86. The van der Waals surface area contributed by atoms with Gasteiger partial charge in [0.25, 0.3) is 5.91 Å². The summed E-state index contributed by atoms with van der Waals surface area (Å²) in [5.74, 6) is -0.449. The summed E-state index contributed by atoms with van der Waals surface area (Å²) < 4.78 is 1.87. The van der Waals surface area contributed by atoms with Crippen LogP contribution in [0.1, 0.15) is 39.2 Å². The van der Waals surface area contributed by atoms with E-state index < -0.39 is 6.04 Å². The fourth-order valence-electron chi connectivity index (χ4n) is 3.52. The number of aromatic nitrogens is 3. The van der Waals surface area contributed by atoms with Crippen molar-refractivity contribution in [1.29, 1.82) is 0 Å². The normalized spacial score (nSPS) is 17.2. The quantitative estimate of drug-likeness (QED) is 0.755. The molecular formula is C20H21N5O2. The van der Waals surface area contributed by atoms with Crippen molar-refractivity contribution in [2.45, 2.75) is 26.8 Å². The lowest BCUT2D eigenvalue weighted by Gasteiger charge is -2.35. The van der Waals surface area contributed by atoms with Crippen LogP contribution in [0.2, 0.25) is 0 Å². The van der Waals surface area contributed by atoms with Gasteiger partial charge >= 0.3 is 0 Å². The van der Waals surface area contributed by atoms with Crippen LogP contribution in [-0.2, 0) is 4.79 Å². The summed E-state index contributed by atoms with van der Waals surface area (Å²) in [4.78, 5) is 36.6. The van der Waals surface area contributed by atoms with E-state index in [1.54, 1.807) is 11.0 Å². The van der Waals surface area contributed by atoms with Crippen LogP contribution in [0.5, 0.6) is 0 Å². The third kappa shape index (κ3) is 2.85. The standard InChI is InChI=1S/C20H21N5O2/c1-12-7-8-15(22-13(12)2)20(27)25-11-9-21-19(26)18(25)17-14(3)23-16-6-4-5-10-24(16)17/h4-8,10,18H,9,11H2,1-3H3,(H,21,26). The molecule has 7 nitrogen and oxygen atoms in total. The molecule has 2 amide bonds. The number of aryl methyl sites for hydroxylation is 3. The lowest BCUT2D eigenvalue weighted by molar-refractivity contribution is -0.128. The highest BCUT2D eigenvalue weighted by Gasteiger charge is 2.38. The van der Waals surface area contributed by atoms with Crippen LogP contribution in [0, 0.1) is 20.8 Å². The van der Waals surface area contributed by atoms with Gasteiger partial charge in [-0.15, -0.1) is 0 Å². The number of imidazole rings is 1. The molecule has 0 aliphatic carbocycles. The van der Waals surface area contributed by atoms with Gasteiger partial charge in [-0.1, -0.05) is 12.1 Å². The molecule has 1 N–H and O–H groups in total. The van der Waals surface area contributed by atoms with Crippen molar-refractivity contribution in [3.05, 3.63) is 64.9 Å². The minimum atomic E-state index is -0.743. The van der Waals surface area contributed by atoms with E-state index in [0.717, 1.165) is 22.6 Å². The summed E-state index contributed by atoms with van der Waals surface area (Å²) in [5, 5.41) is 2.87. The number of piperazine rings is 1. The summed E-state index contributed by atoms with van der Waals surface area (Å²) in [6.45, 7) is 6.53. The van der Waals surface area contributed by atoms with Crippen LogP contribution in [0.4, 0.5) is 0 Å². The van der Waals surface area contributed by atoms with E-state index in [-0.39, 0.29) is 11.8 Å². The van der Waals surface area contributed by atoms with E-state index in [9.17, 15) is 9.59 Å². The first-order chi connectivity index (χ1) is 13.0. The largest absolute Gasteiger partial charge is 0.352 e. The van der Waals surface area contributed by atoms with Crippen molar-refractivity contribution in [1.82, 2.24) is 24.6 Å². The van der Waals surface area contributed by atoms with Crippen molar-refractivity contribution in [3.8, 4) is 0 Å². The molecule has 1 fully saturated rings. The fourth-order valence-corrected chi connectivity index (χ4v) is 3.52. The third-order valence-corrected chi connectivity index (χ3v) is 5.05. The van der Waals surface area contributed by atoms with Crippen LogP contribution in [-0.4, -0.2) is 44.2 Å². The van der Waals surface area contributed by atoms with Crippen molar-refractivity contribution < 1.29 is 9.59 Å². The highest BCUT2D eigenvalue weighted by atomic mass is 16.2. The average molecular weight is 363 g/mol. The van der Waals surface area contributed by atoms with Gasteiger partial charge in [0.15, 0.2) is 6.04 Å². The van der Waals surface area contributed by atoms with Crippen molar-refractivity contribution in [2.24, 2.45) is 0 Å². The molecule has 4 heterocycles. The van der Waals surface area contributed by atoms with Gasteiger partial charge < -0.3 is 14.6 Å². The van der Waals surface area contributed by atoms with Crippen molar-refractivity contribution in [3.63, 3.8) is 0 Å². The maximum absolute atomic E-state index is 13.2. The molecule has 0 saturated carbocycles. The Labute approximate surface area is 157 Å². The van der Waals surface area contributed by atoms with Crippen molar-refractivity contribution in [2.75, 3.05) is 13.1 Å². The topological polar surface area (TPSA) is 79.6 Å². The zero-order valence-electron chi connectivity index (χ0n) is 15.6. The molecule has 3 aromatic rings. The van der Waals surface area contributed by atoms with Gasteiger partial charge in [-0.05, 0) is 44.5 Å². The number of nitrogens with zero attached hydrogens (tertiary/aromatic N) is 4. The Bertz CT molecular complexity index is 1060. The van der Waals surface area contributed by atoms with Gasteiger partial charge in [0.1, 0.15) is 11.3 Å². The number of carbonyl (C=O) groups excluding carboxylic acids is 2. The van der Waals surface area contributed by atoms with E-state index in [1.807, 2.05) is 55.6 Å². The van der Waals surface area contributed by atoms with E-state index >= 15 is 0 Å². The summed E-state index contributed by atoms with van der Waals surface area (Å²) >= 11 is 0. The maximum atomic E-state index is 13.2. The van der Waals surface area contributed by atoms with Gasteiger partial charge in [0.05, 0.1) is 11.4 Å². The Balaban J connectivity index is 1.81. The molecule has 1 aliphatic rings. The van der Waals surface area contributed by atoms with Gasteiger partial charge in [0, 0.05) is 25.0 Å². The molecule has 7 heteroatoms. The molecule has 0 aromatic carbocycles. The molecule has 1 aliphatic heterocycles. The highest BCUT2D eigenvalue weighted by molar-refractivity contribution is 5.97.